The Kier molecular flexibility index (Phi) is 4.41. The van der Waals surface area contributed by atoms with Gasteiger partial charge in [-0.2, -0.15) is 0 Å². The van der Waals surface area contributed by atoms with E-state index in [1.807, 2.05) is 13.8 Å². The van der Waals surface area contributed by atoms with Crippen molar-refractivity contribution in [1.82, 2.24) is 9.55 Å². The Labute approximate surface area is 147 Å². The van der Waals surface area contributed by atoms with Crippen molar-refractivity contribution in [3.8, 4) is 11.6 Å². The molecule has 0 aliphatic heterocycles. The maximum Gasteiger partial charge on any atom is 0.391 e. The van der Waals surface area contributed by atoms with Gasteiger partial charge in [0.2, 0.25) is 5.50 Å². The molecule has 2 heterocycles. The molecule has 0 unspecified atom stereocenters. The zero-order valence-electron chi connectivity index (χ0n) is 13.4. The SMILES string of the molecule is CC(C)Cn1c(-c2ccc(P(=O)(O)O)o2)nc2c(N)c(F)c(Cl)cc21. The third-order valence-corrected chi connectivity index (χ3v) is 4.71. The fourth-order valence-electron chi connectivity index (χ4n) is 2.57. The van der Waals surface area contributed by atoms with E-state index in [-0.39, 0.29) is 33.7 Å². The molecule has 3 rings (SSSR count). The van der Waals surface area contributed by atoms with Gasteiger partial charge in [-0.25, -0.2) is 9.37 Å². The second kappa shape index (κ2) is 6.14. The maximum atomic E-state index is 14.0. The number of nitrogen functional groups attached to an aromatic ring is 1. The number of furan rings is 1. The summed E-state index contributed by atoms with van der Waals surface area (Å²) in [7, 11) is -4.53. The molecule has 25 heavy (non-hydrogen) atoms. The molecule has 0 radical (unpaired) electrons. The van der Waals surface area contributed by atoms with Crippen molar-refractivity contribution in [3.63, 3.8) is 0 Å². The predicted octanol–water partition coefficient (Wildman–Crippen LogP) is 3.13. The minimum Gasteiger partial charge on any atom is -0.445 e. The lowest BCUT2D eigenvalue weighted by Gasteiger charge is -2.11. The van der Waals surface area contributed by atoms with Gasteiger partial charge >= 0.3 is 7.60 Å². The average Bonchev–Trinajstić information content (AvgIpc) is 3.10. The van der Waals surface area contributed by atoms with E-state index in [0.29, 0.717) is 12.1 Å². The summed E-state index contributed by atoms with van der Waals surface area (Å²) < 4.78 is 32.3. The van der Waals surface area contributed by atoms with Crippen LogP contribution in [0.25, 0.3) is 22.6 Å². The fourth-order valence-corrected chi connectivity index (χ4v) is 3.26. The zero-order chi connectivity index (χ0) is 18.5. The van der Waals surface area contributed by atoms with E-state index in [0.717, 1.165) is 0 Å². The molecule has 4 N–H and O–H groups in total. The van der Waals surface area contributed by atoms with Crippen molar-refractivity contribution in [2.45, 2.75) is 20.4 Å². The molecule has 0 aliphatic rings. The Morgan fingerprint density at radius 2 is 2.12 bits per heavy atom. The fraction of sp³-hybridized carbons (Fsp3) is 0.267. The smallest absolute Gasteiger partial charge is 0.391 e. The third-order valence-electron chi connectivity index (χ3n) is 3.62. The van der Waals surface area contributed by atoms with E-state index in [9.17, 15) is 18.7 Å². The lowest BCUT2D eigenvalue weighted by Crippen LogP contribution is -2.06. The van der Waals surface area contributed by atoms with Gasteiger partial charge in [0, 0.05) is 6.54 Å². The van der Waals surface area contributed by atoms with Gasteiger partial charge in [-0.15, -0.1) is 0 Å². The average molecular weight is 388 g/mol. The van der Waals surface area contributed by atoms with Crippen LogP contribution >= 0.6 is 19.2 Å². The first kappa shape index (κ1) is 17.9. The first-order valence-electron chi connectivity index (χ1n) is 7.39. The summed E-state index contributed by atoms with van der Waals surface area (Å²) in [4.78, 5) is 22.8. The summed E-state index contributed by atoms with van der Waals surface area (Å²) in [6.07, 6.45) is 0. The van der Waals surface area contributed by atoms with E-state index in [2.05, 4.69) is 4.98 Å². The summed E-state index contributed by atoms with van der Waals surface area (Å²) in [5.41, 5.74) is 5.87. The van der Waals surface area contributed by atoms with Gasteiger partial charge in [0.05, 0.1) is 16.2 Å². The van der Waals surface area contributed by atoms with Gasteiger partial charge in [-0.1, -0.05) is 25.4 Å². The van der Waals surface area contributed by atoms with Gasteiger partial charge in [0.1, 0.15) is 5.52 Å². The highest BCUT2D eigenvalue weighted by molar-refractivity contribution is 7.59. The number of fused-ring (bicyclic) bond motifs is 1. The van der Waals surface area contributed by atoms with Crippen LogP contribution in [0.15, 0.2) is 22.6 Å². The van der Waals surface area contributed by atoms with Gasteiger partial charge in [-0.3, -0.25) is 4.57 Å². The molecule has 10 heteroatoms. The van der Waals surface area contributed by atoms with E-state index in [1.165, 1.54) is 18.2 Å². The highest BCUT2D eigenvalue weighted by Crippen LogP contribution is 2.37. The van der Waals surface area contributed by atoms with E-state index in [4.69, 9.17) is 21.8 Å². The monoisotopic (exact) mass is 387 g/mol. The van der Waals surface area contributed by atoms with Crippen LogP contribution in [0.5, 0.6) is 0 Å². The first-order chi connectivity index (χ1) is 11.6. The highest BCUT2D eigenvalue weighted by Gasteiger charge is 2.25. The zero-order valence-corrected chi connectivity index (χ0v) is 15.1. The van der Waals surface area contributed by atoms with Crippen LogP contribution < -0.4 is 11.2 Å². The molecule has 0 spiro atoms. The number of imidazole rings is 1. The summed E-state index contributed by atoms with van der Waals surface area (Å²) in [6, 6.07) is 4.01. The molecule has 0 bridgehead atoms. The number of hydrogen-bond donors (Lipinski definition) is 3. The Balaban J connectivity index is 2.28. The molecular weight excluding hydrogens is 372 g/mol. The van der Waals surface area contributed by atoms with Crippen LogP contribution in [0.3, 0.4) is 0 Å². The van der Waals surface area contributed by atoms with Crippen molar-refractivity contribution < 1.29 is 23.2 Å². The standard InChI is InChI=1S/C15H16ClFN3O4P/c1-7(2)6-20-9-5-8(16)12(17)13(18)14(9)19-15(20)10-3-4-11(24-10)25(21,22)23/h3-5,7H,6,18H2,1-2H3,(H2,21,22,23). The minimum atomic E-state index is -4.53. The van der Waals surface area contributed by atoms with Gasteiger partial charge in [-0.05, 0) is 24.1 Å². The Morgan fingerprint density at radius 3 is 2.68 bits per heavy atom. The molecule has 0 saturated carbocycles. The van der Waals surface area contributed by atoms with Crippen molar-refractivity contribution >= 4 is 41.4 Å². The number of halogens is 2. The molecule has 2 aromatic heterocycles. The molecule has 0 saturated heterocycles. The van der Waals surface area contributed by atoms with Crippen molar-refractivity contribution in [2.24, 2.45) is 5.92 Å². The summed E-state index contributed by atoms with van der Waals surface area (Å²) in [6.45, 7) is 4.46. The number of aromatic nitrogens is 2. The van der Waals surface area contributed by atoms with E-state index >= 15 is 0 Å². The van der Waals surface area contributed by atoms with Crippen molar-refractivity contribution in [2.75, 3.05) is 5.73 Å². The second-order valence-corrected chi connectivity index (χ2v) is 8.01. The number of benzene rings is 1. The minimum absolute atomic E-state index is 0.128. The van der Waals surface area contributed by atoms with Crippen LogP contribution in [0, 0.1) is 11.7 Å². The van der Waals surface area contributed by atoms with E-state index in [1.54, 1.807) is 4.57 Å². The molecule has 0 aliphatic carbocycles. The first-order valence-corrected chi connectivity index (χ1v) is 9.38. The second-order valence-electron chi connectivity index (χ2n) is 6.08. The van der Waals surface area contributed by atoms with Crippen LogP contribution in [-0.4, -0.2) is 19.3 Å². The molecule has 0 fully saturated rings. The number of anilines is 1. The predicted molar refractivity (Wildman–Crippen MR) is 93.3 cm³/mol. The third kappa shape index (κ3) is 3.18. The lowest BCUT2D eigenvalue weighted by atomic mass is 10.2. The molecule has 7 nitrogen and oxygen atoms in total. The molecule has 1 aromatic carbocycles. The normalized spacial score (nSPS) is 12.4. The molecule has 134 valence electrons. The summed E-state index contributed by atoms with van der Waals surface area (Å²) >= 11 is 5.90. The number of nitrogens with two attached hydrogens (primary N) is 1. The van der Waals surface area contributed by atoms with Crippen LogP contribution in [0.4, 0.5) is 10.1 Å². The van der Waals surface area contributed by atoms with Gasteiger partial charge in [0.15, 0.2) is 17.4 Å². The molecule has 3 aromatic rings. The van der Waals surface area contributed by atoms with Gasteiger partial charge < -0.3 is 24.5 Å². The van der Waals surface area contributed by atoms with Crippen LogP contribution in [0.1, 0.15) is 13.8 Å². The Hall–Kier alpha value is -1.86. The number of hydrogen-bond acceptors (Lipinski definition) is 4. The topological polar surface area (TPSA) is 115 Å². The molecule has 0 amide bonds. The molecular formula is C15H16ClFN3O4P. The largest absolute Gasteiger partial charge is 0.445 e. The highest BCUT2D eigenvalue weighted by atomic mass is 35.5. The Bertz CT molecular complexity index is 1010. The van der Waals surface area contributed by atoms with Crippen LogP contribution in [0.2, 0.25) is 5.02 Å². The van der Waals surface area contributed by atoms with Crippen molar-refractivity contribution in [1.29, 1.82) is 0 Å². The molecule has 0 atom stereocenters. The lowest BCUT2D eigenvalue weighted by molar-refractivity contribution is 0.377. The number of nitrogens with zero attached hydrogens (tertiary/aromatic N) is 2. The summed E-state index contributed by atoms with van der Waals surface area (Å²) in [5.74, 6) is -0.120. The van der Waals surface area contributed by atoms with Crippen molar-refractivity contribution in [3.05, 3.63) is 29.0 Å². The summed E-state index contributed by atoms with van der Waals surface area (Å²) in [5, 5.41) is -0.128. The quantitative estimate of drug-likeness (QED) is 0.468. The number of rotatable bonds is 4. The Morgan fingerprint density at radius 1 is 1.44 bits per heavy atom. The van der Waals surface area contributed by atoms with Gasteiger partial charge in [0.25, 0.3) is 0 Å². The van der Waals surface area contributed by atoms with Crippen LogP contribution in [-0.2, 0) is 11.1 Å². The maximum absolute atomic E-state index is 14.0. The van der Waals surface area contributed by atoms with E-state index < -0.39 is 18.9 Å².